The molecule has 1 fully saturated rings. The van der Waals surface area contributed by atoms with Gasteiger partial charge in [-0.2, -0.15) is 0 Å². The molecule has 3 atom stereocenters. The van der Waals surface area contributed by atoms with Crippen LogP contribution in [-0.2, 0) is 19.1 Å². The van der Waals surface area contributed by atoms with Gasteiger partial charge in [0, 0.05) is 19.8 Å². The third-order valence-electron chi connectivity index (χ3n) is 3.44. The number of hydrogen-bond donors (Lipinski definition) is 0. The van der Waals surface area contributed by atoms with Gasteiger partial charge in [0.2, 0.25) is 0 Å². The quantitative estimate of drug-likeness (QED) is 0.516. The molecule has 4 nitrogen and oxygen atoms in total. The van der Waals surface area contributed by atoms with Crippen LogP contribution in [0.25, 0.3) is 0 Å². The van der Waals surface area contributed by atoms with Gasteiger partial charge < -0.3 is 9.47 Å². The Morgan fingerprint density at radius 1 is 1.53 bits per heavy atom. The van der Waals surface area contributed by atoms with Crippen LogP contribution in [0, 0.1) is 0 Å². The van der Waals surface area contributed by atoms with E-state index in [2.05, 4.69) is 0 Å². The van der Waals surface area contributed by atoms with Crippen molar-refractivity contribution in [2.45, 2.75) is 57.3 Å². The van der Waals surface area contributed by atoms with Gasteiger partial charge in [-0.05, 0) is 19.8 Å². The molecule has 2 heterocycles. The van der Waals surface area contributed by atoms with Crippen molar-refractivity contribution in [3.05, 3.63) is 12.2 Å². The zero-order valence-corrected chi connectivity index (χ0v) is 10.3. The second-order valence-electron chi connectivity index (χ2n) is 4.94. The Morgan fingerprint density at radius 3 is 3.00 bits per heavy atom. The summed E-state index contributed by atoms with van der Waals surface area (Å²) in [7, 11) is 0. The fourth-order valence-electron chi connectivity index (χ4n) is 2.52. The summed E-state index contributed by atoms with van der Waals surface area (Å²) < 4.78 is 11.2. The van der Waals surface area contributed by atoms with Gasteiger partial charge in [-0.15, -0.1) is 0 Å². The van der Waals surface area contributed by atoms with E-state index in [-0.39, 0.29) is 24.0 Å². The number of hydrogen-bond acceptors (Lipinski definition) is 4. The number of carbonyl (C=O) groups is 2. The first-order valence-corrected chi connectivity index (χ1v) is 6.04. The van der Waals surface area contributed by atoms with E-state index in [0.29, 0.717) is 25.7 Å². The summed E-state index contributed by atoms with van der Waals surface area (Å²) in [6, 6.07) is 0. The van der Waals surface area contributed by atoms with Crippen LogP contribution in [0.4, 0.5) is 0 Å². The Kier molecular flexibility index (Phi) is 3.33. The van der Waals surface area contributed by atoms with Crippen molar-refractivity contribution in [1.82, 2.24) is 0 Å². The third kappa shape index (κ3) is 2.57. The first kappa shape index (κ1) is 12.3. The van der Waals surface area contributed by atoms with E-state index in [1.54, 1.807) is 0 Å². The minimum absolute atomic E-state index is 0.151. The molecule has 2 aliphatic heterocycles. The van der Waals surface area contributed by atoms with E-state index in [1.807, 2.05) is 19.1 Å². The maximum Gasteiger partial charge on any atom is 0.303 e. The topological polar surface area (TPSA) is 52.6 Å². The van der Waals surface area contributed by atoms with Gasteiger partial charge in [-0.1, -0.05) is 12.2 Å². The minimum atomic E-state index is -0.651. The molecule has 0 N–H and O–H groups in total. The van der Waals surface area contributed by atoms with Gasteiger partial charge in [-0.25, -0.2) is 0 Å². The highest BCUT2D eigenvalue weighted by Crippen LogP contribution is 2.33. The fraction of sp³-hybridized carbons (Fsp3) is 0.692. The third-order valence-corrected chi connectivity index (χ3v) is 3.44. The van der Waals surface area contributed by atoms with Crippen LogP contribution in [0.1, 0.15) is 39.5 Å². The van der Waals surface area contributed by atoms with E-state index in [1.165, 1.54) is 6.92 Å². The van der Waals surface area contributed by atoms with Gasteiger partial charge in [0.05, 0.1) is 6.10 Å². The Morgan fingerprint density at radius 2 is 2.29 bits per heavy atom. The minimum Gasteiger partial charge on any atom is -0.456 e. The Bertz CT molecular complexity index is 360. The molecular weight excluding hydrogens is 220 g/mol. The molecule has 0 unspecified atom stereocenters. The summed E-state index contributed by atoms with van der Waals surface area (Å²) in [5.74, 6) is -0.156. The molecule has 2 rings (SSSR count). The molecule has 0 aromatic heterocycles. The maximum absolute atomic E-state index is 11.6. The largest absolute Gasteiger partial charge is 0.456 e. The van der Waals surface area contributed by atoms with Gasteiger partial charge in [0.15, 0.2) is 5.78 Å². The van der Waals surface area contributed by atoms with Crippen LogP contribution in [0.5, 0.6) is 0 Å². The van der Waals surface area contributed by atoms with Crippen LogP contribution in [0.3, 0.4) is 0 Å². The van der Waals surface area contributed by atoms with Gasteiger partial charge in [0.1, 0.15) is 11.7 Å². The Balaban J connectivity index is 2.22. The molecular formula is C13H18O4. The van der Waals surface area contributed by atoms with Crippen LogP contribution in [0.2, 0.25) is 0 Å². The molecule has 0 spiro atoms. The van der Waals surface area contributed by atoms with Gasteiger partial charge >= 0.3 is 5.97 Å². The van der Waals surface area contributed by atoms with Gasteiger partial charge in [0.25, 0.3) is 0 Å². The summed E-state index contributed by atoms with van der Waals surface area (Å²) >= 11 is 0. The fourth-order valence-corrected chi connectivity index (χ4v) is 2.52. The van der Waals surface area contributed by atoms with E-state index >= 15 is 0 Å². The SMILES string of the molecule is CC(=O)O[C@]1(C)C/C=C/C[C@H]2O[C@@H]1CCC2=O. The summed E-state index contributed by atoms with van der Waals surface area (Å²) in [5, 5.41) is 0. The first-order valence-electron chi connectivity index (χ1n) is 6.04. The monoisotopic (exact) mass is 238 g/mol. The molecule has 0 amide bonds. The lowest BCUT2D eigenvalue weighted by atomic mass is 9.85. The number of esters is 1. The highest BCUT2D eigenvalue weighted by molar-refractivity contribution is 5.84. The Labute approximate surface area is 101 Å². The molecule has 17 heavy (non-hydrogen) atoms. The molecule has 0 radical (unpaired) electrons. The number of carbonyl (C=O) groups excluding carboxylic acids is 2. The van der Waals surface area contributed by atoms with Crippen LogP contribution in [0.15, 0.2) is 12.2 Å². The number of rotatable bonds is 1. The second kappa shape index (κ2) is 4.61. The van der Waals surface area contributed by atoms with Crippen molar-refractivity contribution < 1.29 is 19.1 Å². The summed E-state index contributed by atoms with van der Waals surface area (Å²) in [6.45, 7) is 3.28. The van der Waals surface area contributed by atoms with E-state index in [0.717, 1.165) is 0 Å². The van der Waals surface area contributed by atoms with Crippen LogP contribution < -0.4 is 0 Å². The number of fused-ring (bicyclic) bond motifs is 2. The second-order valence-corrected chi connectivity index (χ2v) is 4.94. The lowest BCUT2D eigenvalue weighted by Gasteiger charge is -2.41. The van der Waals surface area contributed by atoms with Crippen molar-refractivity contribution in [2.75, 3.05) is 0 Å². The summed E-state index contributed by atoms with van der Waals surface area (Å²) in [6.07, 6.45) is 5.78. The van der Waals surface area contributed by atoms with Crippen molar-refractivity contribution in [2.24, 2.45) is 0 Å². The van der Waals surface area contributed by atoms with E-state index in [4.69, 9.17) is 9.47 Å². The molecule has 2 bridgehead atoms. The molecule has 0 aromatic rings. The van der Waals surface area contributed by atoms with E-state index < -0.39 is 5.60 Å². The molecule has 94 valence electrons. The van der Waals surface area contributed by atoms with Crippen LogP contribution >= 0.6 is 0 Å². The average molecular weight is 238 g/mol. The highest BCUT2D eigenvalue weighted by atomic mass is 16.6. The predicted molar refractivity (Wildman–Crippen MR) is 61.4 cm³/mol. The molecule has 0 aliphatic carbocycles. The number of Topliss-reactive ketones (excluding diaryl/α,β-unsaturated/α-hetero) is 1. The van der Waals surface area contributed by atoms with Crippen LogP contribution in [-0.4, -0.2) is 29.6 Å². The predicted octanol–water partition coefficient (Wildman–Crippen LogP) is 1.77. The zero-order valence-electron chi connectivity index (χ0n) is 10.3. The zero-order chi connectivity index (χ0) is 12.5. The van der Waals surface area contributed by atoms with Gasteiger partial charge in [-0.3, -0.25) is 9.59 Å². The molecule has 4 heteroatoms. The lowest BCUT2D eigenvalue weighted by molar-refractivity contribution is -0.189. The van der Waals surface area contributed by atoms with Crippen molar-refractivity contribution in [3.8, 4) is 0 Å². The molecule has 0 saturated carbocycles. The molecule has 0 aromatic carbocycles. The normalized spacial score (nSPS) is 39.1. The number of ketones is 1. The van der Waals surface area contributed by atoms with Crippen molar-refractivity contribution in [1.29, 1.82) is 0 Å². The smallest absolute Gasteiger partial charge is 0.303 e. The molecule has 2 aliphatic rings. The van der Waals surface area contributed by atoms with E-state index in [9.17, 15) is 9.59 Å². The lowest BCUT2D eigenvalue weighted by Crippen LogP contribution is -2.50. The maximum atomic E-state index is 11.6. The first-order chi connectivity index (χ1) is 8.01. The average Bonchev–Trinajstić information content (AvgIpc) is 2.23. The molecule has 1 saturated heterocycles. The highest BCUT2D eigenvalue weighted by Gasteiger charge is 2.43. The Hall–Kier alpha value is -1.16. The van der Waals surface area contributed by atoms with Crippen molar-refractivity contribution >= 4 is 11.8 Å². The standard InChI is InChI=1S/C13H18O4/c1-9(14)17-13(2)8-4-3-5-11-10(15)6-7-12(13)16-11/h3-4,11-12H,5-8H2,1-2H3/b4-3+/t11-,12-,13-/m1/s1. The van der Waals surface area contributed by atoms with Crippen molar-refractivity contribution in [3.63, 3.8) is 0 Å². The number of ether oxygens (including phenoxy) is 2. The summed E-state index contributed by atoms with van der Waals surface area (Å²) in [4.78, 5) is 22.8. The summed E-state index contributed by atoms with van der Waals surface area (Å²) in [5.41, 5.74) is -0.651.